The van der Waals surface area contributed by atoms with E-state index >= 15 is 0 Å². The van der Waals surface area contributed by atoms with E-state index < -0.39 is 17.8 Å². The van der Waals surface area contributed by atoms with E-state index in [-0.39, 0.29) is 42.4 Å². The summed E-state index contributed by atoms with van der Waals surface area (Å²) < 4.78 is 10.6. The molecule has 0 aromatic heterocycles. The molecular weight excluding hydrogens is 436 g/mol. The van der Waals surface area contributed by atoms with Crippen LogP contribution in [0.15, 0.2) is 72.8 Å². The van der Waals surface area contributed by atoms with Crippen LogP contribution in [0, 0.1) is 0 Å². The van der Waals surface area contributed by atoms with Crippen LogP contribution in [0.1, 0.15) is 42.2 Å². The monoisotopic (exact) mass is 458 g/mol. The van der Waals surface area contributed by atoms with Crippen molar-refractivity contribution < 1.29 is 28.7 Å². The molecule has 0 radical (unpaired) electrons. The Labute approximate surface area is 195 Å². The normalized spacial score (nSPS) is 12.4. The Morgan fingerprint density at radius 2 is 1.56 bits per heavy atom. The molecule has 0 unspecified atom stereocenters. The van der Waals surface area contributed by atoms with E-state index in [9.17, 15) is 19.2 Å². The highest BCUT2D eigenvalue weighted by Crippen LogP contribution is 2.25. The van der Waals surface area contributed by atoms with Crippen molar-refractivity contribution in [3.8, 4) is 5.75 Å². The molecular formula is C26H22N2O6. The van der Waals surface area contributed by atoms with Gasteiger partial charge in [-0.2, -0.15) is 0 Å². The maximum absolute atomic E-state index is 12.8. The fourth-order valence-electron chi connectivity index (χ4n) is 3.62. The van der Waals surface area contributed by atoms with Crippen molar-refractivity contribution in [2.75, 3.05) is 13.2 Å². The zero-order valence-electron chi connectivity index (χ0n) is 18.2. The van der Waals surface area contributed by atoms with Crippen LogP contribution in [0.2, 0.25) is 0 Å². The number of benzene rings is 3. The quantitative estimate of drug-likeness (QED) is 0.389. The van der Waals surface area contributed by atoms with Crippen molar-refractivity contribution in [2.45, 2.75) is 13.0 Å². The molecule has 172 valence electrons. The van der Waals surface area contributed by atoms with Crippen LogP contribution >= 0.6 is 0 Å². The van der Waals surface area contributed by atoms with Gasteiger partial charge in [-0.1, -0.05) is 42.5 Å². The number of hydrogen-bond donors (Lipinski definition) is 1. The van der Waals surface area contributed by atoms with Crippen LogP contribution in [0.3, 0.4) is 0 Å². The van der Waals surface area contributed by atoms with Gasteiger partial charge in [-0.15, -0.1) is 0 Å². The third-order valence-corrected chi connectivity index (χ3v) is 5.32. The van der Waals surface area contributed by atoms with E-state index in [0.717, 1.165) is 5.56 Å². The molecule has 4 rings (SSSR count). The van der Waals surface area contributed by atoms with Crippen molar-refractivity contribution in [3.63, 3.8) is 0 Å². The van der Waals surface area contributed by atoms with Crippen molar-refractivity contribution in [1.29, 1.82) is 0 Å². The van der Waals surface area contributed by atoms with Gasteiger partial charge in [0.05, 0.1) is 16.7 Å². The SMILES string of the molecule is NC(=O)COc1cccc(COC(=O)c2ccc3c(c2)C(=O)N(CCc2ccccc2)C3=O)c1. The van der Waals surface area contributed by atoms with E-state index in [1.807, 2.05) is 30.3 Å². The van der Waals surface area contributed by atoms with Crippen LogP contribution in [0.25, 0.3) is 0 Å². The molecule has 3 aromatic rings. The second-order valence-corrected chi connectivity index (χ2v) is 7.74. The molecule has 0 fully saturated rings. The van der Waals surface area contributed by atoms with Gasteiger partial charge < -0.3 is 15.2 Å². The lowest BCUT2D eigenvalue weighted by atomic mass is 10.1. The van der Waals surface area contributed by atoms with E-state index in [1.165, 1.54) is 23.1 Å². The lowest BCUT2D eigenvalue weighted by molar-refractivity contribution is -0.119. The summed E-state index contributed by atoms with van der Waals surface area (Å²) in [5.74, 6) is -1.60. The summed E-state index contributed by atoms with van der Waals surface area (Å²) in [4.78, 5) is 50.2. The molecule has 0 saturated heterocycles. The number of primary amides is 1. The summed E-state index contributed by atoms with van der Waals surface area (Å²) in [5, 5.41) is 0. The first-order chi connectivity index (χ1) is 16.4. The molecule has 1 heterocycles. The number of amides is 3. The third kappa shape index (κ3) is 5.12. The highest BCUT2D eigenvalue weighted by molar-refractivity contribution is 6.22. The van der Waals surface area contributed by atoms with Crippen LogP contribution in [-0.2, 0) is 22.6 Å². The van der Waals surface area contributed by atoms with E-state index in [1.54, 1.807) is 24.3 Å². The Bertz CT molecular complexity index is 1260. The molecule has 8 nitrogen and oxygen atoms in total. The molecule has 1 aliphatic heterocycles. The molecule has 0 atom stereocenters. The molecule has 8 heteroatoms. The number of ether oxygens (including phenoxy) is 2. The Balaban J connectivity index is 1.39. The molecule has 2 N–H and O–H groups in total. The van der Waals surface area contributed by atoms with Crippen molar-refractivity contribution in [2.24, 2.45) is 5.73 Å². The highest BCUT2D eigenvalue weighted by atomic mass is 16.5. The number of nitrogens with zero attached hydrogens (tertiary/aromatic N) is 1. The minimum Gasteiger partial charge on any atom is -0.484 e. The summed E-state index contributed by atoms with van der Waals surface area (Å²) in [7, 11) is 0. The zero-order valence-corrected chi connectivity index (χ0v) is 18.2. The van der Waals surface area contributed by atoms with E-state index in [2.05, 4.69) is 0 Å². The van der Waals surface area contributed by atoms with Gasteiger partial charge in [-0.25, -0.2) is 4.79 Å². The number of fused-ring (bicyclic) bond motifs is 1. The third-order valence-electron chi connectivity index (χ3n) is 5.32. The van der Waals surface area contributed by atoms with Gasteiger partial charge in [-0.3, -0.25) is 19.3 Å². The summed E-state index contributed by atoms with van der Waals surface area (Å²) in [6.45, 7) is -0.0441. The number of nitrogens with two attached hydrogens (primary N) is 1. The Hall–Kier alpha value is -4.46. The molecule has 0 saturated carbocycles. The lowest BCUT2D eigenvalue weighted by Crippen LogP contribution is -2.31. The Morgan fingerprint density at radius 1 is 0.824 bits per heavy atom. The number of hydrogen-bond acceptors (Lipinski definition) is 6. The van der Waals surface area contributed by atoms with Crippen LogP contribution < -0.4 is 10.5 Å². The van der Waals surface area contributed by atoms with Crippen LogP contribution in [-0.4, -0.2) is 41.7 Å². The van der Waals surface area contributed by atoms with Gasteiger partial charge in [0.15, 0.2) is 6.61 Å². The summed E-state index contributed by atoms with van der Waals surface area (Å²) >= 11 is 0. The second-order valence-electron chi connectivity index (χ2n) is 7.74. The van der Waals surface area contributed by atoms with E-state index in [0.29, 0.717) is 17.7 Å². The largest absolute Gasteiger partial charge is 0.484 e. The van der Waals surface area contributed by atoms with Crippen molar-refractivity contribution >= 4 is 23.7 Å². The molecule has 0 bridgehead atoms. The Morgan fingerprint density at radius 3 is 2.32 bits per heavy atom. The van der Waals surface area contributed by atoms with Gasteiger partial charge in [0.25, 0.3) is 17.7 Å². The predicted molar refractivity (Wildman–Crippen MR) is 122 cm³/mol. The highest BCUT2D eigenvalue weighted by Gasteiger charge is 2.35. The van der Waals surface area contributed by atoms with Crippen molar-refractivity contribution in [3.05, 3.63) is 101 Å². The molecule has 3 amide bonds. The van der Waals surface area contributed by atoms with Gasteiger partial charge in [0.1, 0.15) is 12.4 Å². The maximum atomic E-state index is 12.8. The molecule has 1 aliphatic rings. The van der Waals surface area contributed by atoms with Gasteiger partial charge in [-0.05, 0) is 47.9 Å². The smallest absolute Gasteiger partial charge is 0.338 e. The zero-order chi connectivity index (χ0) is 24.1. The van der Waals surface area contributed by atoms with Gasteiger partial charge in [0, 0.05) is 6.54 Å². The Kier molecular flexibility index (Phi) is 6.68. The molecule has 0 spiro atoms. The molecule has 3 aromatic carbocycles. The van der Waals surface area contributed by atoms with E-state index in [4.69, 9.17) is 15.2 Å². The average molecular weight is 458 g/mol. The first-order valence-corrected chi connectivity index (χ1v) is 10.6. The van der Waals surface area contributed by atoms with Gasteiger partial charge in [0.2, 0.25) is 0 Å². The number of imide groups is 1. The topological polar surface area (TPSA) is 116 Å². The average Bonchev–Trinajstić information content (AvgIpc) is 3.09. The summed E-state index contributed by atoms with van der Waals surface area (Å²) in [6, 6.07) is 20.6. The van der Waals surface area contributed by atoms with Crippen LogP contribution in [0.4, 0.5) is 0 Å². The summed E-state index contributed by atoms with van der Waals surface area (Å²) in [6.07, 6.45) is 0.545. The lowest BCUT2D eigenvalue weighted by Gasteiger charge is -2.13. The summed E-state index contributed by atoms with van der Waals surface area (Å²) in [5.41, 5.74) is 7.37. The molecule has 0 aliphatic carbocycles. The minimum atomic E-state index is -0.630. The maximum Gasteiger partial charge on any atom is 0.338 e. The van der Waals surface area contributed by atoms with Crippen molar-refractivity contribution in [1.82, 2.24) is 4.90 Å². The number of rotatable bonds is 9. The van der Waals surface area contributed by atoms with Gasteiger partial charge >= 0.3 is 5.97 Å². The number of esters is 1. The number of carbonyl (C=O) groups is 4. The van der Waals surface area contributed by atoms with Crippen LogP contribution in [0.5, 0.6) is 5.75 Å². The number of carbonyl (C=O) groups excluding carboxylic acids is 4. The minimum absolute atomic E-state index is 0.0419. The second kappa shape index (κ2) is 9.99. The molecule has 34 heavy (non-hydrogen) atoms. The first-order valence-electron chi connectivity index (χ1n) is 10.6. The first kappa shape index (κ1) is 22.7. The standard InChI is InChI=1S/C26H22N2O6/c27-23(29)16-33-20-8-4-7-18(13-20)15-34-26(32)19-9-10-21-22(14-19)25(31)28(24(21)30)12-11-17-5-2-1-3-6-17/h1-10,13-14H,11-12,15-16H2,(H2,27,29). The fraction of sp³-hybridized carbons (Fsp3) is 0.154. The fourth-order valence-corrected chi connectivity index (χ4v) is 3.62. The predicted octanol–water partition coefficient (Wildman–Crippen LogP) is 2.75.